The highest BCUT2D eigenvalue weighted by Crippen LogP contribution is 2.24. The normalized spacial score (nSPS) is 14.0. The van der Waals surface area contributed by atoms with Gasteiger partial charge in [-0.3, -0.25) is 0 Å². The molecule has 1 nitrogen and oxygen atoms in total. The van der Waals surface area contributed by atoms with Crippen molar-refractivity contribution in [1.29, 1.82) is 0 Å². The molecule has 0 aliphatic rings. The van der Waals surface area contributed by atoms with Crippen LogP contribution >= 0.6 is 31.9 Å². The highest BCUT2D eigenvalue weighted by Gasteiger charge is 2.13. The summed E-state index contributed by atoms with van der Waals surface area (Å²) in [5.74, 6) is 0. The fourth-order valence-electron chi connectivity index (χ4n) is 2.29. The number of benzene rings is 2. The maximum Gasteiger partial charge on any atom is 0.0323 e. The lowest BCUT2D eigenvalue weighted by molar-refractivity contribution is 0.456. The lowest BCUT2D eigenvalue weighted by Gasteiger charge is -2.23. The number of hydrogen-bond acceptors (Lipinski definition) is 1. The topological polar surface area (TPSA) is 12.0 Å². The molecule has 0 aromatic heterocycles. The second kappa shape index (κ2) is 7.39. The smallest absolute Gasteiger partial charge is 0.0323 e. The summed E-state index contributed by atoms with van der Waals surface area (Å²) >= 11 is 6.96. The van der Waals surface area contributed by atoms with Crippen LogP contribution in [0.15, 0.2) is 57.5 Å². The second-order valence-corrected chi connectivity index (χ2v) is 6.78. The van der Waals surface area contributed by atoms with E-state index in [1.807, 2.05) is 0 Å². The lowest BCUT2D eigenvalue weighted by Crippen LogP contribution is -2.24. The molecule has 106 valence electrons. The standard InChI is InChI=1S/C17H19Br2N/c1-3-17(14-6-10-16(19)11-7-14)20-12(2)13-4-8-15(18)9-5-13/h4-12,17,20H,3H2,1-2H3/t12-,17?/m1/s1. The first-order chi connectivity index (χ1) is 9.60. The first kappa shape index (κ1) is 15.7. The summed E-state index contributed by atoms with van der Waals surface area (Å²) in [6, 6.07) is 17.8. The molecule has 0 saturated heterocycles. The van der Waals surface area contributed by atoms with Gasteiger partial charge in [0.2, 0.25) is 0 Å². The molecule has 2 aromatic carbocycles. The minimum absolute atomic E-state index is 0.330. The molecule has 2 aromatic rings. The summed E-state index contributed by atoms with van der Waals surface area (Å²) in [6.45, 7) is 4.43. The average Bonchev–Trinajstić information content (AvgIpc) is 2.46. The van der Waals surface area contributed by atoms with Crippen LogP contribution in [0.5, 0.6) is 0 Å². The molecule has 2 rings (SSSR count). The molecule has 0 radical (unpaired) electrons. The third-order valence-corrected chi connectivity index (χ3v) is 4.56. The van der Waals surface area contributed by atoms with E-state index in [-0.39, 0.29) is 0 Å². The minimum Gasteiger partial charge on any atom is -0.303 e. The van der Waals surface area contributed by atoms with Crippen LogP contribution in [-0.4, -0.2) is 0 Å². The Hall–Kier alpha value is -0.640. The second-order valence-electron chi connectivity index (χ2n) is 4.95. The van der Waals surface area contributed by atoms with Crippen molar-refractivity contribution in [2.45, 2.75) is 32.4 Å². The van der Waals surface area contributed by atoms with Gasteiger partial charge in [0, 0.05) is 21.0 Å². The highest BCUT2D eigenvalue weighted by molar-refractivity contribution is 9.10. The maximum atomic E-state index is 3.71. The molecule has 0 saturated carbocycles. The fourth-order valence-corrected chi connectivity index (χ4v) is 2.82. The van der Waals surface area contributed by atoms with Crippen molar-refractivity contribution in [2.24, 2.45) is 0 Å². The third kappa shape index (κ3) is 4.18. The van der Waals surface area contributed by atoms with Crippen LogP contribution in [0.25, 0.3) is 0 Å². The molecule has 0 spiro atoms. The molecular formula is C17H19Br2N. The van der Waals surface area contributed by atoms with Crippen molar-refractivity contribution in [2.75, 3.05) is 0 Å². The molecule has 1 unspecified atom stereocenters. The molecule has 0 fully saturated rings. The summed E-state index contributed by atoms with van der Waals surface area (Å²) < 4.78 is 2.24. The Balaban J connectivity index is 2.09. The Bertz CT molecular complexity index is 534. The number of rotatable bonds is 5. The Kier molecular flexibility index (Phi) is 5.82. The molecule has 3 heteroatoms. The van der Waals surface area contributed by atoms with Crippen molar-refractivity contribution >= 4 is 31.9 Å². The van der Waals surface area contributed by atoms with E-state index in [4.69, 9.17) is 0 Å². The van der Waals surface area contributed by atoms with Crippen LogP contribution in [0.2, 0.25) is 0 Å². The van der Waals surface area contributed by atoms with Crippen LogP contribution in [0.3, 0.4) is 0 Å². The van der Waals surface area contributed by atoms with Gasteiger partial charge in [-0.05, 0) is 48.7 Å². The van der Waals surface area contributed by atoms with Gasteiger partial charge in [0.1, 0.15) is 0 Å². The van der Waals surface area contributed by atoms with Crippen molar-refractivity contribution in [3.63, 3.8) is 0 Å². The van der Waals surface area contributed by atoms with Gasteiger partial charge in [-0.2, -0.15) is 0 Å². The number of hydrogen-bond donors (Lipinski definition) is 1. The quantitative estimate of drug-likeness (QED) is 0.651. The zero-order valence-electron chi connectivity index (χ0n) is 11.7. The number of halogens is 2. The molecule has 0 aliphatic heterocycles. The van der Waals surface area contributed by atoms with Crippen molar-refractivity contribution in [1.82, 2.24) is 5.32 Å². The van der Waals surface area contributed by atoms with E-state index in [0.717, 1.165) is 15.4 Å². The average molecular weight is 397 g/mol. The zero-order chi connectivity index (χ0) is 14.5. The fraction of sp³-hybridized carbons (Fsp3) is 0.294. The van der Waals surface area contributed by atoms with Gasteiger partial charge < -0.3 is 5.32 Å². The maximum absolute atomic E-state index is 3.71. The summed E-state index contributed by atoms with van der Waals surface area (Å²) in [4.78, 5) is 0. The van der Waals surface area contributed by atoms with Crippen molar-refractivity contribution < 1.29 is 0 Å². The third-order valence-electron chi connectivity index (χ3n) is 3.50. The van der Waals surface area contributed by atoms with Gasteiger partial charge in [-0.25, -0.2) is 0 Å². The zero-order valence-corrected chi connectivity index (χ0v) is 14.9. The first-order valence-corrected chi connectivity index (χ1v) is 8.45. The van der Waals surface area contributed by atoms with E-state index in [2.05, 4.69) is 99.6 Å². The van der Waals surface area contributed by atoms with Crippen molar-refractivity contribution in [3.8, 4) is 0 Å². The van der Waals surface area contributed by atoms with Gasteiger partial charge in [-0.15, -0.1) is 0 Å². The Morgan fingerprint density at radius 2 is 1.30 bits per heavy atom. The van der Waals surface area contributed by atoms with Crippen LogP contribution in [0.1, 0.15) is 43.5 Å². The van der Waals surface area contributed by atoms with Gasteiger partial charge in [0.25, 0.3) is 0 Å². The summed E-state index contributed by atoms with van der Waals surface area (Å²) in [7, 11) is 0. The molecule has 0 heterocycles. The molecule has 0 aliphatic carbocycles. The van der Waals surface area contributed by atoms with Gasteiger partial charge in [0.05, 0.1) is 0 Å². The van der Waals surface area contributed by atoms with Crippen LogP contribution < -0.4 is 5.32 Å². The van der Waals surface area contributed by atoms with Gasteiger partial charge >= 0.3 is 0 Å². The van der Waals surface area contributed by atoms with Crippen LogP contribution in [-0.2, 0) is 0 Å². The first-order valence-electron chi connectivity index (χ1n) is 6.87. The van der Waals surface area contributed by atoms with E-state index in [9.17, 15) is 0 Å². The van der Waals surface area contributed by atoms with Crippen LogP contribution in [0.4, 0.5) is 0 Å². The predicted octanol–water partition coefficient (Wildman–Crippen LogP) is 6.01. The molecule has 0 amide bonds. The molecule has 2 atom stereocenters. The summed E-state index contributed by atoms with van der Waals surface area (Å²) in [5.41, 5.74) is 2.64. The molecule has 0 bridgehead atoms. The van der Waals surface area contributed by atoms with Gasteiger partial charge in [-0.1, -0.05) is 63.0 Å². The largest absolute Gasteiger partial charge is 0.303 e. The Morgan fingerprint density at radius 3 is 1.75 bits per heavy atom. The summed E-state index contributed by atoms with van der Waals surface area (Å²) in [6.07, 6.45) is 1.07. The van der Waals surface area contributed by atoms with Crippen molar-refractivity contribution in [3.05, 3.63) is 68.6 Å². The molecule has 20 heavy (non-hydrogen) atoms. The van der Waals surface area contributed by atoms with Crippen LogP contribution in [0, 0.1) is 0 Å². The SMILES string of the molecule is CCC(N[C@H](C)c1ccc(Br)cc1)c1ccc(Br)cc1. The molecular weight excluding hydrogens is 378 g/mol. The Morgan fingerprint density at radius 1 is 0.850 bits per heavy atom. The van der Waals surface area contributed by atoms with Gasteiger partial charge in [0.15, 0.2) is 0 Å². The Labute approximate surface area is 138 Å². The van der Waals surface area contributed by atoms with E-state index in [1.54, 1.807) is 0 Å². The van der Waals surface area contributed by atoms with E-state index < -0.39 is 0 Å². The monoisotopic (exact) mass is 395 g/mol. The molecule has 1 N–H and O–H groups in total. The lowest BCUT2D eigenvalue weighted by atomic mass is 10.0. The van der Waals surface area contributed by atoms with E-state index >= 15 is 0 Å². The predicted molar refractivity (Wildman–Crippen MR) is 92.9 cm³/mol. The number of nitrogens with one attached hydrogen (secondary N) is 1. The van der Waals surface area contributed by atoms with E-state index in [1.165, 1.54) is 11.1 Å². The highest BCUT2D eigenvalue weighted by atomic mass is 79.9. The van der Waals surface area contributed by atoms with E-state index in [0.29, 0.717) is 12.1 Å². The summed E-state index contributed by atoms with van der Waals surface area (Å²) in [5, 5.41) is 3.71. The minimum atomic E-state index is 0.330.